The third-order valence-electron chi connectivity index (χ3n) is 3.89. The standard InChI is InChI=1S/C19H19N3O2/c1-13-6-5-7-15(10-13)11-20-18(23)12-22-17-9-4-3-8-16(17)21-14(2)19(22)24/h3-10H,11-12H2,1-2H3,(H,20,23). The van der Waals surface area contributed by atoms with E-state index in [0.717, 1.165) is 11.1 Å². The first kappa shape index (κ1) is 15.9. The van der Waals surface area contributed by atoms with Gasteiger partial charge in [0.25, 0.3) is 5.56 Å². The van der Waals surface area contributed by atoms with Crippen LogP contribution in [0.25, 0.3) is 11.0 Å². The number of hydrogen-bond donors (Lipinski definition) is 1. The molecule has 0 aliphatic heterocycles. The smallest absolute Gasteiger partial charge is 0.272 e. The second-order valence-corrected chi connectivity index (χ2v) is 5.84. The van der Waals surface area contributed by atoms with Gasteiger partial charge in [-0.05, 0) is 31.5 Å². The van der Waals surface area contributed by atoms with Gasteiger partial charge in [0, 0.05) is 6.54 Å². The van der Waals surface area contributed by atoms with Gasteiger partial charge in [-0.1, -0.05) is 42.0 Å². The van der Waals surface area contributed by atoms with Crippen LogP contribution >= 0.6 is 0 Å². The van der Waals surface area contributed by atoms with Crippen molar-refractivity contribution in [3.05, 3.63) is 75.7 Å². The molecule has 0 bridgehead atoms. The molecule has 0 fully saturated rings. The Morgan fingerprint density at radius 3 is 2.71 bits per heavy atom. The fraction of sp³-hybridized carbons (Fsp3) is 0.211. The largest absolute Gasteiger partial charge is 0.350 e. The lowest BCUT2D eigenvalue weighted by atomic mass is 10.1. The molecule has 2 aromatic carbocycles. The third kappa shape index (κ3) is 3.35. The molecule has 0 spiro atoms. The van der Waals surface area contributed by atoms with Crippen molar-refractivity contribution in [3.8, 4) is 0 Å². The Balaban J connectivity index is 1.80. The molecule has 0 unspecified atom stereocenters. The van der Waals surface area contributed by atoms with E-state index in [0.29, 0.717) is 23.3 Å². The minimum atomic E-state index is -0.237. The monoisotopic (exact) mass is 321 g/mol. The number of para-hydroxylation sites is 2. The summed E-state index contributed by atoms with van der Waals surface area (Å²) in [5.41, 5.74) is 3.71. The van der Waals surface area contributed by atoms with Crippen molar-refractivity contribution >= 4 is 16.9 Å². The zero-order valence-corrected chi connectivity index (χ0v) is 13.7. The molecule has 3 aromatic rings. The van der Waals surface area contributed by atoms with Gasteiger partial charge >= 0.3 is 0 Å². The Morgan fingerprint density at radius 2 is 1.92 bits per heavy atom. The maximum absolute atomic E-state index is 12.4. The average Bonchev–Trinajstić information content (AvgIpc) is 2.57. The van der Waals surface area contributed by atoms with Crippen LogP contribution in [-0.2, 0) is 17.9 Å². The van der Waals surface area contributed by atoms with Crippen LogP contribution in [0.15, 0.2) is 53.3 Å². The summed E-state index contributed by atoms with van der Waals surface area (Å²) in [6.45, 7) is 4.10. The molecular formula is C19H19N3O2. The molecule has 1 amide bonds. The normalized spacial score (nSPS) is 10.8. The molecule has 5 nitrogen and oxygen atoms in total. The van der Waals surface area contributed by atoms with Crippen molar-refractivity contribution in [2.75, 3.05) is 0 Å². The first-order valence-corrected chi connectivity index (χ1v) is 7.83. The van der Waals surface area contributed by atoms with E-state index in [-0.39, 0.29) is 18.0 Å². The second-order valence-electron chi connectivity index (χ2n) is 5.84. The number of carbonyl (C=O) groups excluding carboxylic acids is 1. The average molecular weight is 321 g/mol. The molecule has 1 heterocycles. The molecule has 0 aliphatic rings. The molecule has 1 aromatic heterocycles. The second kappa shape index (κ2) is 6.66. The van der Waals surface area contributed by atoms with E-state index in [1.165, 1.54) is 4.57 Å². The highest BCUT2D eigenvalue weighted by molar-refractivity contribution is 5.80. The van der Waals surface area contributed by atoms with Gasteiger partial charge in [0.1, 0.15) is 12.2 Å². The van der Waals surface area contributed by atoms with E-state index in [9.17, 15) is 9.59 Å². The quantitative estimate of drug-likeness (QED) is 0.802. The Labute approximate surface area is 140 Å². The lowest BCUT2D eigenvalue weighted by molar-refractivity contribution is -0.121. The summed E-state index contributed by atoms with van der Waals surface area (Å²) in [7, 11) is 0. The minimum absolute atomic E-state index is 0.0193. The number of rotatable bonds is 4. The minimum Gasteiger partial charge on any atom is -0.350 e. The summed E-state index contributed by atoms with van der Waals surface area (Å²) in [6.07, 6.45) is 0. The molecule has 0 aliphatic carbocycles. The lowest BCUT2D eigenvalue weighted by Crippen LogP contribution is -2.33. The van der Waals surface area contributed by atoms with Crippen LogP contribution in [0.2, 0.25) is 0 Å². The predicted octanol–water partition coefficient (Wildman–Crippen LogP) is 2.33. The van der Waals surface area contributed by atoms with Crippen molar-refractivity contribution in [1.82, 2.24) is 14.9 Å². The Bertz CT molecular complexity index is 960. The van der Waals surface area contributed by atoms with Gasteiger partial charge in [0.15, 0.2) is 0 Å². The maximum Gasteiger partial charge on any atom is 0.272 e. The summed E-state index contributed by atoms with van der Waals surface area (Å²) in [6, 6.07) is 15.3. The first-order valence-electron chi connectivity index (χ1n) is 7.83. The van der Waals surface area contributed by atoms with E-state index in [2.05, 4.69) is 10.3 Å². The summed E-state index contributed by atoms with van der Waals surface area (Å²) in [5.74, 6) is -0.200. The SMILES string of the molecule is Cc1cccc(CNC(=O)Cn2c(=O)c(C)nc3ccccc32)c1. The van der Waals surface area contributed by atoms with E-state index in [1.807, 2.05) is 49.4 Å². The van der Waals surface area contributed by atoms with Crippen molar-refractivity contribution < 1.29 is 4.79 Å². The van der Waals surface area contributed by atoms with E-state index in [4.69, 9.17) is 0 Å². The van der Waals surface area contributed by atoms with E-state index >= 15 is 0 Å². The molecule has 0 radical (unpaired) electrons. The van der Waals surface area contributed by atoms with Gasteiger partial charge in [0.05, 0.1) is 11.0 Å². The summed E-state index contributed by atoms with van der Waals surface area (Å²) in [4.78, 5) is 28.9. The maximum atomic E-state index is 12.4. The molecular weight excluding hydrogens is 302 g/mol. The number of carbonyl (C=O) groups is 1. The van der Waals surface area contributed by atoms with Crippen LogP contribution in [0.1, 0.15) is 16.8 Å². The van der Waals surface area contributed by atoms with Gasteiger partial charge in [-0.2, -0.15) is 0 Å². The van der Waals surface area contributed by atoms with Crippen LogP contribution in [0.5, 0.6) is 0 Å². The fourth-order valence-corrected chi connectivity index (χ4v) is 2.70. The van der Waals surface area contributed by atoms with Crippen LogP contribution in [0.4, 0.5) is 0 Å². The van der Waals surface area contributed by atoms with Crippen LogP contribution < -0.4 is 10.9 Å². The van der Waals surface area contributed by atoms with Gasteiger partial charge in [-0.15, -0.1) is 0 Å². The Kier molecular flexibility index (Phi) is 4.42. The summed E-state index contributed by atoms with van der Waals surface area (Å²) in [5, 5.41) is 2.87. The van der Waals surface area contributed by atoms with Gasteiger partial charge in [-0.25, -0.2) is 4.98 Å². The van der Waals surface area contributed by atoms with Crippen molar-refractivity contribution in [2.45, 2.75) is 26.9 Å². The molecule has 0 saturated carbocycles. The number of hydrogen-bond acceptors (Lipinski definition) is 3. The zero-order valence-electron chi connectivity index (χ0n) is 13.7. The predicted molar refractivity (Wildman–Crippen MR) is 93.8 cm³/mol. The van der Waals surface area contributed by atoms with Gasteiger partial charge in [-0.3, -0.25) is 14.2 Å². The highest BCUT2D eigenvalue weighted by Gasteiger charge is 2.11. The number of amides is 1. The summed E-state index contributed by atoms with van der Waals surface area (Å²) >= 11 is 0. The third-order valence-corrected chi connectivity index (χ3v) is 3.89. The van der Waals surface area contributed by atoms with Crippen LogP contribution in [0, 0.1) is 13.8 Å². The number of benzene rings is 2. The van der Waals surface area contributed by atoms with Gasteiger partial charge in [0.2, 0.25) is 5.91 Å². The lowest BCUT2D eigenvalue weighted by Gasteiger charge is -2.11. The van der Waals surface area contributed by atoms with Crippen molar-refractivity contribution in [1.29, 1.82) is 0 Å². The van der Waals surface area contributed by atoms with Crippen molar-refractivity contribution in [3.63, 3.8) is 0 Å². The van der Waals surface area contributed by atoms with Crippen molar-refractivity contribution in [2.24, 2.45) is 0 Å². The first-order chi connectivity index (χ1) is 11.5. The van der Waals surface area contributed by atoms with Crippen LogP contribution in [0.3, 0.4) is 0 Å². The molecule has 5 heteroatoms. The Morgan fingerprint density at radius 1 is 1.12 bits per heavy atom. The topological polar surface area (TPSA) is 64.0 Å². The fourth-order valence-electron chi connectivity index (χ4n) is 2.70. The number of aryl methyl sites for hydroxylation is 2. The number of aromatic nitrogens is 2. The highest BCUT2D eigenvalue weighted by Crippen LogP contribution is 2.09. The Hall–Kier alpha value is -2.95. The van der Waals surface area contributed by atoms with Crippen LogP contribution in [-0.4, -0.2) is 15.5 Å². The molecule has 24 heavy (non-hydrogen) atoms. The molecule has 122 valence electrons. The molecule has 1 N–H and O–H groups in total. The number of fused-ring (bicyclic) bond motifs is 1. The van der Waals surface area contributed by atoms with E-state index < -0.39 is 0 Å². The zero-order chi connectivity index (χ0) is 17.1. The van der Waals surface area contributed by atoms with E-state index in [1.54, 1.807) is 13.0 Å². The van der Waals surface area contributed by atoms with Gasteiger partial charge < -0.3 is 5.32 Å². The molecule has 0 atom stereocenters. The molecule has 0 saturated heterocycles. The molecule has 3 rings (SSSR count). The number of nitrogens with zero attached hydrogens (tertiary/aromatic N) is 2. The summed E-state index contributed by atoms with van der Waals surface area (Å²) < 4.78 is 1.48. The number of nitrogens with one attached hydrogen (secondary N) is 1. The highest BCUT2D eigenvalue weighted by atomic mass is 16.2.